The highest BCUT2D eigenvalue weighted by molar-refractivity contribution is 6.30. The molecule has 1 heterocycles. The van der Waals surface area contributed by atoms with E-state index in [-0.39, 0.29) is 22.8 Å². The lowest BCUT2D eigenvalue weighted by Crippen LogP contribution is -2.60. The maximum absolute atomic E-state index is 13.6. The van der Waals surface area contributed by atoms with Gasteiger partial charge in [-0.05, 0) is 59.7 Å². The summed E-state index contributed by atoms with van der Waals surface area (Å²) in [7, 11) is 1.04. The molecule has 0 radical (unpaired) electrons. The van der Waals surface area contributed by atoms with Crippen molar-refractivity contribution in [3.05, 3.63) is 69.2 Å². The van der Waals surface area contributed by atoms with E-state index >= 15 is 0 Å². The maximum Gasteiger partial charge on any atom is 0.416 e. The molecule has 1 saturated heterocycles. The number of carbonyl (C=O) groups is 3. The lowest BCUT2D eigenvalue weighted by atomic mass is 9.54. The number of halogens is 4. The summed E-state index contributed by atoms with van der Waals surface area (Å²) in [6.45, 7) is 6.54. The fourth-order valence-corrected chi connectivity index (χ4v) is 5.66. The SMILES string of the molecule is COC(=O)c1cc(C(=O)N[C@@H](C(=O)N2CCC3c4ccc(Cl)cc4C3(C)C2)C(C)C)cc(C(F)(F)F)c1. The number of hydrogen-bond donors (Lipinski definition) is 1. The Morgan fingerprint density at radius 3 is 2.43 bits per heavy atom. The summed E-state index contributed by atoms with van der Waals surface area (Å²) >= 11 is 6.20. The number of esters is 1. The van der Waals surface area contributed by atoms with Crippen LogP contribution in [0.2, 0.25) is 5.02 Å². The number of likely N-dealkylation sites (tertiary alicyclic amines) is 1. The lowest BCUT2D eigenvalue weighted by molar-refractivity contribution is -0.138. The van der Waals surface area contributed by atoms with Gasteiger partial charge in [-0.1, -0.05) is 38.4 Å². The number of benzene rings is 2. The van der Waals surface area contributed by atoms with Gasteiger partial charge in [0.15, 0.2) is 0 Å². The highest BCUT2D eigenvalue weighted by Gasteiger charge is 2.52. The Hall–Kier alpha value is -3.07. The molecule has 1 fully saturated rings. The van der Waals surface area contributed by atoms with Gasteiger partial charge in [0.25, 0.3) is 5.91 Å². The van der Waals surface area contributed by atoms with Gasteiger partial charge in [0.05, 0.1) is 18.2 Å². The summed E-state index contributed by atoms with van der Waals surface area (Å²) in [5.41, 5.74) is 0.112. The van der Waals surface area contributed by atoms with Gasteiger partial charge in [-0.25, -0.2) is 4.79 Å². The van der Waals surface area contributed by atoms with E-state index in [1.54, 1.807) is 18.7 Å². The minimum Gasteiger partial charge on any atom is -0.465 e. The van der Waals surface area contributed by atoms with Crippen LogP contribution in [0.25, 0.3) is 0 Å². The quantitative estimate of drug-likeness (QED) is 0.534. The fraction of sp³-hybridized carbons (Fsp3) is 0.444. The molecule has 0 bridgehead atoms. The van der Waals surface area contributed by atoms with Crippen LogP contribution in [0.4, 0.5) is 13.2 Å². The van der Waals surface area contributed by atoms with Gasteiger partial charge in [-0.3, -0.25) is 9.59 Å². The van der Waals surface area contributed by atoms with Crippen molar-refractivity contribution in [2.45, 2.75) is 50.7 Å². The molecule has 0 saturated carbocycles. The molecule has 2 aromatic carbocycles. The van der Waals surface area contributed by atoms with Crippen molar-refractivity contribution >= 4 is 29.4 Å². The Morgan fingerprint density at radius 1 is 1.14 bits per heavy atom. The Bertz CT molecular complexity index is 1260. The van der Waals surface area contributed by atoms with Crippen molar-refractivity contribution in [1.29, 1.82) is 0 Å². The molecule has 2 aliphatic rings. The van der Waals surface area contributed by atoms with Crippen molar-refractivity contribution in [1.82, 2.24) is 10.2 Å². The molecule has 198 valence electrons. The third kappa shape index (κ3) is 4.93. The van der Waals surface area contributed by atoms with Gasteiger partial charge in [0, 0.05) is 29.1 Å². The van der Waals surface area contributed by atoms with Gasteiger partial charge in [-0.15, -0.1) is 0 Å². The number of ether oxygens (including phenoxy) is 1. The second-order valence-electron chi connectivity index (χ2n) is 10.2. The Balaban J connectivity index is 1.56. The fourth-order valence-electron chi connectivity index (χ4n) is 5.49. The molecule has 0 aromatic heterocycles. The number of nitrogens with one attached hydrogen (secondary N) is 1. The number of carbonyl (C=O) groups excluding carboxylic acids is 3. The molecule has 1 aliphatic heterocycles. The van der Waals surface area contributed by atoms with Crippen LogP contribution < -0.4 is 5.32 Å². The first-order chi connectivity index (χ1) is 17.3. The smallest absolute Gasteiger partial charge is 0.416 e. The summed E-state index contributed by atoms with van der Waals surface area (Å²) in [5.74, 6) is -2.23. The monoisotopic (exact) mass is 536 g/mol. The van der Waals surface area contributed by atoms with E-state index in [2.05, 4.69) is 17.0 Å². The molecule has 3 atom stereocenters. The highest BCUT2D eigenvalue weighted by Crippen LogP contribution is 2.56. The van der Waals surface area contributed by atoms with Crippen LogP contribution in [-0.2, 0) is 21.1 Å². The van der Waals surface area contributed by atoms with Crippen molar-refractivity contribution in [3.63, 3.8) is 0 Å². The normalized spacial score (nSPS) is 21.4. The first-order valence-corrected chi connectivity index (χ1v) is 12.3. The number of fused-ring (bicyclic) bond motifs is 4. The molecule has 6 nitrogen and oxygen atoms in total. The maximum atomic E-state index is 13.6. The summed E-state index contributed by atoms with van der Waals surface area (Å²) in [6, 6.07) is 7.15. The number of rotatable bonds is 5. The molecule has 10 heteroatoms. The molecule has 2 amide bonds. The molecule has 37 heavy (non-hydrogen) atoms. The molecule has 4 rings (SSSR count). The van der Waals surface area contributed by atoms with Crippen molar-refractivity contribution < 1.29 is 32.3 Å². The third-order valence-electron chi connectivity index (χ3n) is 7.46. The number of hydrogen-bond acceptors (Lipinski definition) is 4. The summed E-state index contributed by atoms with van der Waals surface area (Å²) in [5, 5.41) is 3.23. The molecule has 1 N–H and O–H groups in total. The van der Waals surface area contributed by atoms with Gasteiger partial charge < -0.3 is 15.0 Å². The van der Waals surface area contributed by atoms with Crippen LogP contribution in [0.15, 0.2) is 36.4 Å². The van der Waals surface area contributed by atoms with Crippen LogP contribution in [-0.4, -0.2) is 48.9 Å². The zero-order valence-electron chi connectivity index (χ0n) is 20.9. The van der Waals surface area contributed by atoms with Crippen LogP contribution in [0.5, 0.6) is 0 Å². The van der Waals surface area contributed by atoms with E-state index in [9.17, 15) is 27.6 Å². The van der Waals surface area contributed by atoms with Crippen molar-refractivity contribution in [2.75, 3.05) is 20.2 Å². The van der Waals surface area contributed by atoms with E-state index in [0.29, 0.717) is 36.2 Å². The van der Waals surface area contributed by atoms with Crippen LogP contribution >= 0.6 is 11.6 Å². The van der Waals surface area contributed by atoms with Gasteiger partial charge in [0.1, 0.15) is 6.04 Å². The molecule has 0 spiro atoms. The zero-order chi connectivity index (χ0) is 27.3. The number of piperidine rings is 1. The minimum atomic E-state index is -4.78. The molecular formula is C27H28ClF3N2O4. The standard InChI is InChI=1S/C27H28ClF3N2O4/c1-14(2)22(32-23(34)15-9-16(25(36)37-4)11-17(10-15)27(29,30)31)24(35)33-8-7-20-19-6-5-18(28)12-21(19)26(20,3)13-33/h5-6,9-12,14,20,22H,7-8,13H2,1-4H3,(H,32,34)/t20?,22-,26?/m1/s1. The first kappa shape index (κ1) is 27.0. The van der Waals surface area contributed by atoms with Crippen LogP contribution in [0.1, 0.15) is 70.5 Å². The van der Waals surface area contributed by atoms with E-state index in [0.717, 1.165) is 25.2 Å². The predicted octanol–water partition coefficient (Wildman–Crippen LogP) is 5.19. The van der Waals surface area contributed by atoms with Crippen molar-refractivity contribution in [3.8, 4) is 0 Å². The lowest BCUT2D eigenvalue weighted by Gasteiger charge is -2.55. The van der Waals surface area contributed by atoms with E-state index in [1.807, 2.05) is 18.2 Å². The largest absolute Gasteiger partial charge is 0.465 e. The van der Waals surface area contributed by atoms with Gasteiger partial charge >= 0.3 is 12.1 Å². The second kappa shape index (κ2) is 9.67. The predicted molar refractivity (Wildman–Crippen MR) is 132 cm³/mol. The van der Waals surface area contributed by atoms with E-state index in [4.69, 9.17) is 11.6 Å². The molecule has 1 aliphatic carbocycles. The molecule has 2 aromatic rings. The Labute approximate surface area is 218 Å². The molecule has 2 unspecified atom stereocenters. The minimum absolute atomic E-state index is 0.268. The Kier molecular flexibility index (Phi) is 7.05. The highest BCUT2D eigenvalue weighted by atomic mass is 35.5. The van der Waals surface area contributed by atoms with Crippen LogP contribution in [0, 0.1) is 5.92 Å². The number of amides is 2. The summed E-state index contributed by atoms with van der Waals surface area (Å²) in [6.07, 6.45) is -4.03. The van der Waals surface area contributed by atoms with E-state index in [1.165, 1.54) is 5.56 Å². The number of alkyl halides is 3. The second-order valence-corrected chi connectivity index (χ2v) is 10.7. The van der Waals surface area contributed by atoms with Crippen molar-refractivity contribution in [2.24, 2.45) is 5.92 Å². The zero-order valence-corrected chi connectivity index (χ0v) is 21.7. The summed E-state index contributed by atoms with van der Waals surface area (Å²) in [4.78, 5) is 40.3. The Morgan fingerprint density at radius 2 is 1.81 bits per heavy atom. The van der Waals surface area contributed by atoms with E-state index < -0.39 is 35.2 Å². The first-order valence-electron chi connectivity index (χ1n) is 12.0. The average Bonchev–Trinajstić information content (AvgIpc) is 2.84. The third-order valence-corrected chi connectivity index (χ3v) is 7.69. The number of methoxy groups -OCH3 is 1. The topological polar surface area (TPSA) is 75.7 Å². The molecular weight excluding hydrogens is 509 g/mol. The van der Waals surface area contributed by atoms with Gasteiger partial charge in [0.2, 0.25) is 5.91 Å². The number of nitrogens with zero attached hydrogens (tertiary/aromatic N) is 1. The van der Waals surface area contributed by atoms with Gasteiger partial charge in [-0.2, -0.15) is 13.2 Å². The van der Waals surface area contributed by atoms with Crippen LogP contribution in [0.3, 0.4) is 0 Å². The summed E-state index contributed by atoms with van der Waals surface area (Å²) < 4.78 is 44.8. The average molecular weight is 537 g/mol.